The molecule has 4 aromatic rings. The van der Waals surface area contributed by atoms with Gasteiger partial charge in [0.15, 0.2) is 5.16 Å². The van der Waals surface area contributed by atoms with Crippen molar-refractivity contribution >= 4 is 28.3 Å². The first-order valence-electron chi connectivity index (χ1n) is 10.0. The third-order valence-electron chi connectivity index (χ3n) is 5.05. The number of fused-ring (bicyclic) bond motifs is 2. The zero-order valence-electron chi connectivity index (χ0n) is 17.3. The Labute approximate surface area is 178 Å². The van der Waals surface area contributed by atoms with Crippen LogP contribution in [0.4, 0.5) is 0 Å². The maximum Gasteiger partial charge on any atom is 0.262 e. The summed E-state index contributed by atoms with van der Waals surface area (Å²) in [5, 5.41) is 1.29. The monoisotopic (exact) mass is 420 g/mol. The summed E-state index contributed by atoms with van der Waals surface area (Å²) < 4.78 is 3.31. The molecule has 1 aromatic carbocycles. The van der Waals surface area contributed by atoms with Crippen LogP contribution in [0.1, 0.15) is 31.5 Å². The Morgan fingerprint density at radius 3 is 2.67 bits per heavy atom. The molecule has 4 rings (SSSR count). The van der Waals surface area contributed by atoms with E-state index < -0.39 is 0 Å². The molecule has 3 heterocycles. The maximum atomic E-state index is 13.1. The predicted octanol–water partition coefficient (Wildman–Crippen LogP) is 4.05. The molecule has 0 atom stereocenters. The smallest absolute Gasteiger partial charge is 0.262 e. The first-order valence-corrected chi connectivity index (χ1v) is 11.0. The van der Waals surface area contributed by atoms with E-state index >= 15 is 0 Å². The number of aryl methyl sites for hydroxylation is 1. The summed E-state index contributed by atoms with van der Waals surface area (Å²) in [6.07, 6.45) is 2.62. The molecule has 30 heavy (non-hydrogen) atoms. The van der Waals surface area contributed by atoms with E-state index in [-0.39, 0.29) is 11.1 Å². The predicted molar refractivity (Wildman–Crippen MR) is 121 cm³/mol. The molecule has 0 N–H and O–H groups in total. The van der Waals surface area contributed by atoms with Gasteiger partial charge in [-0.05, 0) is 43.0 Å². The van der Waals surface area contributed by atoms with Crippen LogP contribution >= 0.6 is 11.8 Å². The Hall–Kier alpha value is -2.93. The van der Waals surface area contributed by atoms with Gasteiger partial charge in [-0.3, -0.25) is 18.6 Å². The molecule has 0 bridgehead atoms. The molecule has 154 valence electrons. The van der Waals surface area contributed by atoms with Crippen LogP contribution in [-0.2, 0) is 12.3 Å². The van der Waals surface area contributed by atoms with Gasteiger partial charge in [0.25, 0.3) is 11.1 Å². The molecule has 0 aliphatic rings. The van der Waals surface area contributed by atoms with Crippen molar-refractivity contribution in [3.8, 4) is 0 Å². The van der Waals surface area contributed by atoms with Crippen LogP contribution < -0.4 is 11.1 Å². The average molecular weight is 421 g/mol. The maximum absolute atomic E-state index is 13.1. The summed E-state index contributed by atoms with van der Waals surface area (Å²) in [5.41, 5.74) is 2.84. The van der Waals surface area contributed by atoms with Crippen molar-refractivity contribution in [1.82, 2.24) is 18.9 Å². The van der Waals surface area contributed by atoms with Gasteiger partial charge in [-0.15, -0.1) is 0 Å². The number of para-hydroxylation sites is 1. The second-order valence-corrected chi connectivity index (χ2v) is 8.75. The van der Waals surface area contributed by atoms with Crippen LogP contribution in [0.3, 0.4) is 0 Å². The molecule has 6 nitrogen and oxygen atoms in total. The molecule has 0 unspecified atom stereocenters. The van der Waals surface area contributed by atoms with Gasteiger partial charge in [0.1, 0.15) is 5.65 Å². The van der Waals surface area contributed by atoms with E-state index in [9.17, 15) is 9.59 Å². The Morgan fingerprint density at radius 2 is 1.87 bits per heavy atom. The van der Waals surface area contributed by atoms with Gasteiger partial charge in [-0.2, -0.15) is 0 Å². The lowest BCUT2D eigenvalue weighted by atomic mass is 10.1. The lowest BCUT2D eigenvalue weighted by Gasteiger charge is -2.14. The third-order valence-corrected chi connectivity index (χ3v) is 6.06. The van der Waals surface area contributed by atoms with E-state index in [0.717, 1.165) is 12.0 Å². The second kappa shape index (κ2) is 8.44. The SMILES string of the molecule is Cc1cccn2c(=O)cc(CSc3nc4ccccc4c(=O)n3CCC(C)C)nc12. The molecule has 0 spiro atoms. The van der Waals surface area contributed by atoms with Crippen molar-refractivity contribution in [3.05, 3.63) is 80.6 Å². The fraction of sp³-hybridized carbons (Fsp3) is 0.304. The molecule has 7 heteroatoms. The number of thioether (sulfide) groups is 1. The van der Waals surface area contributed by atoms with Gasteiger partial charge in [0, 0.05) is 24.6 Å². The topological polar surface area (TPSA) is 69.3 Å². The molecule has 0 fully saturated rings. The molecule has 0 saturated carbocycles. The molecule has 3 aromatic heterocycles. The van der Waals surface area contributed by atoms with Crippen molar-refractivity contribution in [3.63, 3.8) is 0 Å². The molecule has 0 aliphatic carbocycles. The van der Waals surface area contributed by atoms with Crippen LogP contribution in [-0.4, -0.2) is 18.9 Å². The Balaban J connectivity index is 1.72. The Kier molecular flexibility index (Phi) is 5.72. The summed E-state index contributed by atoms with van der Waals surface area (Å²) in [4.78, 5) is 35.0. The third kappa shape index (κ3) is 4.03. The fourth-order valence-electron chi connectivity index (χ4n) is 3.36. The standard InChI is InChI=1S/C23H24N4O2S/c1-15(2)10-12-27-22(29)18-8-4-5-9-19(18)25-23(27)30-14-17-13-20(28)26-11-6-7-16(3)21(26)24-17/h4-9,11,13,15H,10,12,14H2,1-3H3. The van der Waals surface area contributed by atoms with Crippen LogP contribution in [0.2, 0.25) is 0 Å². The van der Waals surface area contributed by atoms with E-state index in [1.165, 1.54) is 11.8 Å². The van der Waals surface area contributed by atoms with Gasteiger partial charge < -0.3 is 0 Å². The minimum absolute atomic E-state index is 0.0221. The summed E-state index contributed by atoms with van der Waals surface area (Å²) in [7, 11) is 0. The lowest BCUT2D eigenvalue weighted by Crippen LogP contribution is -2.24. The van der Waals surface area contributed by atoms with E-state index in [1.54, 1.807) is 21.2 Å². The minimum Gasteiger partial charge on any atom is -0.287 e. The largest absolute Gasteiger partial charge is 0.287 e. The van der Waals surface area contributed by atoms with Crippen molar-refractivity contribution in [2.75, 3.05) is 0 Å². The van der Waals surface area contributed by atoms with Gasteiger partial charge in [0.2, 0.25) is 0 Å². The first-order chi connectivity index (χ1) is 14.4. The van der Waals surface area contributed by atoms with Gasteiger partial charge in [0.05, 0.1) is 16.6 Å². The Bertz CT molecular complexity index is 1340. The minimum atomic E-state index is -0.108. The zero-order chi connectivity index (χ0) is 21.3. The molecule has 0 amide bonds. The number of hydrogen-bond donors (Lipinski definition) is 0. The highest BCUT2D eigenvalue weighted by Gasteiger charge is 2.13. The van der Waals surface area contributed by atoms with Gasteiger partial charge in [-0.25, -0.2) is 9.97 Å². The van der Waals surface area contributed by atoms with Crippen molar-refractivity contribution in [2.45, 2.75) is 44.6 Å². The zero-order valence-corrected chi connectivity index (χ0v) is 18.1. The summed E-state index contributed by atoms with van der Waals surface area (Å²) in [5.74, 6) is 0.943. The first kappa shape index (κ1) is 20.3. The van der Waals surface area contributed by atoms with E-state index in [1.807, 2.05) is 43.3 Å². The number of benzene rings is 1. The average Bonchev–Trinajstić information content (AvgIpc) is 2.72. The number of nitrogens with zero attached hydrogens (tertiary/aromatic N) is 4. The van der Waals surface area contributed by atoms with Crippen molar-refractivity contribution in [1.29, 1.82) is 0 Å². The van der Waals surface area contributed by atoms with Crippen LogP contribution in [0, 0.1) is 12.8 Å². The summed E-state index contributed by atoms with van der Waals surface area (Å²) in [6, 6.07) is 12.8. The quantitative estimate of drug-likeness (QED) is 0.348. The van der Waals surface area contributed by atoms with Crippen LogP contribution in [0.5, 0.6) is 0 Å². The summed E-state index contributed by atoms with van der Waals surface area (Å²) in [6.45, 7) is 6.83. The van der Waals surface area contributed by atoms with Crippen LogP contribution in [0.15, 0.2) is 63.4 Å². The number of aromatic nitrogens is 4. The van der Waals surface area contributed by atoms with E-state index in [0.29, 0.717) is 45.6 Å². The molecular weight excluding hydrogens is 396 g/mol. The molecule has 0 radical (unpaired) electrons. The highest BCUT2D eigenvalue weighted by molar-refractivity contribution is 7.98. The Morgan fingerprint density at radius 1 is 1.07 bits per heavy atom. The van der Waals surface area contributed by atoms with Crippen molar-refractivity contribution in [2.24, 2.45) is 5.92 Å². The summed E-state index contributed by atoms with van der Waals surface area (Å²) >= 11 is 1.45. The van der Waals surface area contributed by atoms with Gasteiger partial charge in [-0.1, -0.05) is 43.8 Å². The molecular formula is C23H24N4O2S. The molecule has 0 saturated heterocycles. The number of pyridine rings is 1. The molecule has 0 aliphatic heterocycles. The second-order valence-electron chi connectivity index (χ2n) is 7.81. The van der Waals surface area contributed by atoms with E-state index in [2.05, 4.69) is 18.8 Å². The van der Waals surface area contributed by atoms with E-state index in [4.69, 9.17) is 4.98 Å². The van der Waals surface area contributed by atoms with Gasteiger partial charge >= 0.3 is 0 Å². The number of rotatable bonds is 6. The highest BCUT2D eigenvalue weighted by atomic mass is 32.2. The fourth-order valence-corrected chi connectivity index (χ4v) is 4.28. The van der Waals surface area contributed by atoms with Crippen molar-refractivity contribution < 1.29 is 0 Å². The van der Waals surface area contributed by atoms with Crippen LogP contribution in [0.25, 0.3) is 16.6 Å². The highest BCUT2D eigenvalue weighted by Crippen LogP contribution is 2.22. The normalized spacial score (nSPS) is 11.6. The lowest BCUT2D eigenvalue weighted by molar-refractivity contribution is 0.481. The number of hydrogen-bond acceptors (Lipinski definition) is 5.